The van der Waals surface area contributed by atoms with E-state index in [9.17, 15) is 4.79 Å². The van der Waals surface area contributed by atoms with Crippen molar-refractivity contribution in [2.75, 3.05) is 0 Å². The third-order valence-corrected chi connectivity index (χ3v) is 2.70. The summed E-state index contributed by atoms with van der Waals surface area (Å²) < 4.78 is 0. The van der Waals surface area contributed by atoms with Crippen LogP contribution in [0.15, 0.2) is 53.7 Å². The molecular formula is C12H16N2OS2. The summed E-state index contributed by atoms with van der Waals surface area (Å²) in [5.41, 5.74) is 5.53. The summed E-state index contributed by atoms with van der Waals surface area (Å²) in [6, 6.07) is 5.73. The van der Waals surface area contributed by atoms with E-state index >= 15 is 0 Å². The fraction of sp³-hybridized carbons (Fsp3) is 0.167. The van der Waals surface area contributed by atoms with E-state index in [1.165, 1.54) is 10.8 Å². The number of primary amides is 1. The molecule has 5 heteroatoms. The van der Waals surface area contributed by atoms with Gasteiger partial charge in [0.25, 0.3) is 0 Å². The van der Waals surface area contributed by atoms with Gasteiger partial charge in [0.05, 0.1) is 0 Å². The Hall–Kier alpha value is -1.20. The summed E-state index contributed by atoms with van der Waals surface area (Å²) in [5, 5.41) is 0.941. The summed E-state index contributed by atoms with van der Waals surface area (Å²) in [5.74, 6) is -0.364. The molecule has 0 saturated heterocycles. The Morgan fingerprint density at radius 2 is 2.35 bits per heavy atom. The lowest BCUT2D eigenvalue weighted by Gasteiger charge is -1.89. The highest BCUT2D eigenvalue weighted by Gasteiger charge is 1.92. The van der Waals surface area contributed by atoms with Crippen molar-refractivity contribution < 1.29 is 4.79 Å². The maximum atomic E-state index is 10.3. The number of rotatable bonds is 4. The third kappa shape index (κ3) is 8.59. The Bertz CT molecular complexity index is 377. The van der Waals surface area contributed by atoms with Crippen molar-refractivity contribution in [2.45, 2.75) is 18.4 Å². The zero-order valence-corrected chi connectivity index (χ0v) is 11.4. The van der Waals surface area contributed by atoms with Crippen molar-refractivity contribution in [1.29, 1.82) is 0 Å². The highest BCUT2D eigenvalue weighted by atomic mass is 33.1. The first-order chi connectivity index (χ1) is 8.11. The number of amides is 1. The van der Waals surface area contributed by atoms with Crippen LogP contribution in [0.2, 0.25) is 0 Å². The molecule has 0 saturated carbocycles. The normalized spacial score (nSPS) is 10.1. The smallest absolute Gasteiger partial charge is 0.244 e. The molecule has 0 aliphatic heterocycles. The molecule has 92 valence electrons. The second-order valence-corrected chi connectivity index (χ2v) is 4.18. The van der Waals surface area contributed by atoms with E-state index in [1.54, 1.807) is 25.3 Å². The Morgan fingerprint density at radius 3 is 2.71 bits per heavy atom. The van der Waals surface area contributed by atoms with Gasteiger partial charge in [0.1, 0.15) is 5.03 Å². The minimum Gasteiger partial charge on any atom is -0.366 e. The van der Waals surface area contributed by atoms with Gasteiger partial charge in [-0.3, -0.25) is 4.79 Å². The summed E-state index contributed by atoms with van der Waals surface area (Å²) in [7, 11) is 1.35. The van der Waals surface area contributed by atoms with Crippen LogP contribution in [-0.2, 0) is 4.79 Å². The van der Waals surface area contributed by atoms with Crippen LogP contribution in [0.1, 0.15) is 13.3 Å². The second-order valence-electron chi connectivity index (χ2n) is 3.04. The number of allylic oxidation sites excluding steroid dienone is 2. The van der Waals surface area contributed by atoms with E-state index in [2.05, 4.69) is 23.2 Å². The van der Waals surface area contributed by atoms with Crippen LogP contribution < -0.4 is 5.73 Å². The van der Waals surface area contributed by atoms with Crippen molar-refractivity contribution in [3.05, 3.63) is 48.7 Å². The van der Waals surface area contributed by atoms with E-state index in [0.29, 0.717) is 12.0 Å². The number of pyridine rings is 1. The highest BCUT2D eigenvalue weighted by molar-refractivity contribution is 8.68. The van der Waals surface area contributed by atoms with Crippen LogP contribution in [0.25, 0.3) is 0 Å². The van der Waals surface area contributed by atoms with Crippen LogP contribution in [0, 0.1) is 0 Å². The van der Waals surface area contributed by atoms with E-state index < -0.39 is 0 Å². The Morgan fingerprint density at radius 1 is 1.65 bits per heavy atom. The first-order valence-electron chi connectivity index (χ1n) is 4.91. The molecule has 1 aromatic heterocycles. The molecule has 0 unspecified atom stereocenters. The van der Waals surface area contributed by atoms with E-state index in [-0.39, 0.29) is 5.91 Å². The van der Waals surface area contributed by atoms with Gasteiger partial charge in [0.2, 0.25) is 5.91 Å². The largest absolute Gasteiger partial charge is 0.366 e. The van der Waals surface area contributed by atoms with Crippen LogP contribution in [0.5, 0.6) is 0 Å². The number of carbonyl (C=O) groups is 1. The van der Waals surface area contributed by atoms with Gasteiger partial charge >= 0.3 is 0 Å². The Kier molecular flexibility index (Phi) is 9.28. The highest BCUT2D eigenvalue weighted by Crippen LogP contribution is 2.16. The summed E-state index contributed by atoms with van der Waals surface area (Å²) in [6.07, 6.45) is 5.91. The van der Waals surface area contributed by atoms with Gasteiger partial charge in [-0.15, -0.1) is 18.2 Å². The van der Waals surface area contributed by atoms with E-state index in [1.807, 2.05) is 18.2 Å². The minimum absolute atomic E-state index is 0.364. The Balaban J connectivity index is 0.000000302. The van der Waals surface area contributed by atoms with Crippen molar-refractivity contribution >= 4 is 28.4 Å². The van der Waals surface area contributed by atoms with Crippen LogP contribution in [0.4, 0.5) is 0 Å². The van der Waals surface area contributed by atoms with Gasteiger partial charge in [-0.2, -0.15) is 0 Å². The molecule has 1 heterocycles. The van der Waals surface area contributed by atoms with Gasteiger partial charge in [-0.1, -0.05) is 18.2 Å². The van der Waals surface area contributed by atoms with E-state index in [0.717, 1.165) is 5.03 Å². The molecule has 0 atom stereocenters. The number of aromatic nitrogens is 1. The topological polar surface area (TPSA) is 56.0 Å². The molecule has 0 aromatic carbocycles. The number of hydrogen-bond donors (Lipinski definition) is 2. The molecule has 0 radical (unpaired) electrons. The third-order valence-electron chi connectivity index (χ3n) is 1.71. The standard InChI is InChI=1S/C7H11NO.C5H5NS2/c1-3-4-5-6(2)7(8)9;7-8-5-3-1-2-4-6-5/h3,5H,1,4H2,2H3,(H2,8,9);1-4,7H. The van der Waals surface area contributed by atoms with Crippen LogP contribution in [-0.4, -0.2) is 10.9 Å². The van der Waals surface area contributed by atoms with Gasteiger partial charge in [-0.05, 0) is 36.3 Å². The van der Waals surface area contributed by atoms with Crippen LogP contribution in [0.3, 0.4) is 0 Å². The van der Waals surface area contributed by atoms with Gasteiger partial charge in [0.15, 0.2) is 0 Å². The lowest BCUT2D eigenvalue weighted by Crippen LogP contribution is -2.11. The average Bonchev–Trinajstić information content (AvgIpc) is 2.37. The van der Waals surface area contributed by atoms with Crippen molar-refractivity contribution in [1.82, 2.24) is 4.98 Å². The molecule has 3 nitrogen and oxygen atoms in total. The zero-order chi connectivity index (χ0) is 13.1. The Labute approximate surface area is 111 Å². The van der Waals surface area contributed by atoms with Crippen molar-refractivity contribution in [3.63, 3.8) is 0 Å². The number of hydrogen-bond acceptors (Lipinski definition) is 4. The average molecular weight is 268 g/mol. The molecule has 0 fully saturated rings. The number of nitrogens with zero attached hydrogens (tertiary/aromatic N) is 1. The quantitative estimate of drug-likeness (QED) is 0.382. The maximum Gasteiger partial charge on any atom is 0.244 e. The molecule has 2 N–H and O–H groups in total. The number of carbonyl (C=O) groups excluding carboxylic acids is 1. The lowest BCUT2D eigenvalue weighted by molar-refractivity contribution is -0.114. The SMILES string of the molecule is C=CCC=C(C)C(N)=O.SSc1ccccn1. The summed E-state index contributed by atoms with van der Waals surface area (Å²) >= 11 is 3.96. The molecule has 0 spiro atoms. The predicted octanol–water partition coefficient (Wildman–Crippen LogP) is 3.01. The molecule has 17 heavy (non-hydrogen) atoms. The molecule has 1 rings (SSSR count). The minimum atomic E-state index is -0.364. The zero-order valence-electron chi connectivity index (χ0n) is 9.67. The monoisotopic (exact) mass is 268 g/mol. The molecule has 0 bridgehead atoms. The fourth-order valence-corrected chi connectivity index (χ4v) is 1.33. The molecular weight excluding hydrogens is 252 g/mol. The fourth-order valence-electron chi connectivity index (χ4n) is 0.762. The number of thiol groups is 1. The molecule has 0 aliphatic carbocycles. The maximum absolute atomic E-state index is 10.3. The number of nitrogens with two attached hydrogens (primary N) is 1. The summed E-state index contributed by atoms with van der Waals surface area (Å²) in [4.78, 5) is 14.3. The van der Waals surface area contributed by atoms with Gasteiger partial charge < -0.3 is 5.73 Å². The predicted molar refractivity (Wildman–Crippen MR) is 76.8 cm³/mol. The first-order valence-corrected chi connectivity index (χ1v) is 6.78. The van der Waals surface area contributed by atoms with Gasteiger partial charge in [-0.25, -0.2) is 4.98 Å². The van der Waals surface area contributed by atoms with Crippen molar-refractivity contribution in [3.8, 4) is 0 Å². The molecule has 1 amide bonds. The van der Waals surface area contributed by atoms with Gasteiger partial charge in [0, 0.05) is 11.8 Å². The summed E-state index contributed by atoms with van der Waals surface area (Å²) in [6.45, 7) is 5.18. The van der Waals surface area contributed by atoms with Crippen molar-refractivity contribution in [2.24, 2.45) is 5.73 Å². The molecule has 0 aliphatic rings. The lowest BCUT2D eigenvalue weighted by atomic mass is 10.2. The van der Waals surface area contributed by atoms with E-state index in [4.69, 9.17) is 5.73 Å². The van der Waals surface area contributed by atoms with Crippen LogP contribution >= 0.6 is 22.5 Å². The second kappa shape index (κ2) is 9.99. The molecule has 1 aromatic rings. The first kappa shape index (κ1) is 15.8.